The van der Waals surface area contributed by atoms with Crippen molar-refractivity contribution >= 4 is 45.5 Å². The Hall–Kier alpha value is -1.31. The molecular formula is C19H27BrN4OS. The Balaban J connectivity index is 2.00. The molecule has 1 aliphatic rings. The molecule has 0 aliphatic heterocycles. The maximum Gasteiger partial charge on any atom is 0.251 e. The number of halogens is 1. The van der Waals surface area contributed by atoms with Gasteiger partial charge in [0.15, 0.2) is 0 Å². The molecule has 0 radical (unpaired) electrons. The fourth-order valence-corrected chi connectivity index (χ4v) is 3.78. The Kier molecular flexibility index (Phi) is 8.18. The molecule has 0 saturated heterocycles. The summed E-state index contributed by atoms with van der Waals surface area (Å²) in [7, 11) is 1.90. The van der Waals surface area contributed by atoms with E-state index in [2.05, 4.69) is 31.6 Å². The number of alkyl halides is 1. The highest BCUT2D eigenvalue weighted by Gasteiger charge is 2.24. The average Bonchev–Trinajstić information content (AvgIpc) is 3.43. The highest BCUT2D eigenvalue weighted by atomic mass is 79.9. The van der Waals surface area contributed by atoms with Gasteiger partial charge in [-0.25, -0.2) is 4.99 Å². The number of hydrogen-bond donors (Lipinski definition) is 3. The van der Waals surface area contributed by atoms with Crippen LogP contribution >= 0.6 is 27.7 Å². The van der Waals surface area contributed by atoms with Crippen molar-refractivity contribution in [2.75, 3.05) is 13.3 Å². The molecule has 26 heavy (non-hydrogen) atoms. The van der Waals surface area contributed by atoms with Crippen LogP contribution in [0.1, 0.15) is 40.7 Å². The molecule has 0 heterocycles. The third kappa shape index (κ3) is 6.45. The largest absolute Gasteiger partial charge is 0.386 e. The zero-order valence-corrected chi connectivity index (χ0v) is 17.9. The number of aryl methyl sites for hydroxylation is 1. The molecule has 1 aromatic carbocycles. The summed E-state index contributed by atoms with van der Waals surface area (Å²) in [5, 5.41) is 6.31. The van der Waals surface area contributed by atoms with Gasteiger partial charge < -0.3 is 16.4 Å². The van der Waals surface area contributed by atoms with E-state index < -0.39 is 0 Å². The molecule has 0 bridgehead atoms. The smallest absolute Gasteiger partial charge is 0.251 e. The van der Waals surface area contributed by atoms with Crippen LogP contribution in [0, 0.1) is 6.92 Å². The van der Waals surface area contributed by atoms with Gasteiger partial charge in [-0.3, -0.25) is 4.79 Å². The highest BCUT2D eigenvalue weighted by molar-refractivity contribution is 9.09. The fourth-order valence-electron chi connectivity index (χ4n) is 2.47. The van der Waals surface area contributed by atoms with Crippen LogP contribution in [-0.2, 0) is 0 Å². The second-order valence-electron chi connectivity index (χ2n) is 6.41. The maximum absolute atomic E-state index is 12.2. The van der Waals surface area contributed by atoms with Crippen molar-refractivity contribution < 1.29 is 4.79 Å². The Labute approximate surface area is 168 Å². The SMILES string of the molecule is CNC(Br)CC(SC)C(N)=N/C=C/c1ccc(C(=O)NC2CC2)c(C)c1. The first kappa shape index (κ1) is 21.0. The lowest BCUT2D eigenvalue weighted by molar-refractivity contribution is 0.0950. The van der Waals surface area contributed by atoms with E-state index in [0.717, 1.165) is 36.0 Å². The van der Waals surface area contributed by atoms with Crippen molar-refractivity contribution in [3.8, 4) is 0 Å². The van der Waals surface area contributed by atoms with E-state index in [1.807, 2.05) is 44.5 Å². The summed E-state index contributed by atoms with van der Waals surface area (Å²) in [5.74, 6) is 0.616. The number of nitrogens with one attached hydrogen (secondary N) is 2. The summed E-state index contributed by atoms with van der Waals surface area (Å²) in [6, 6.07) is 6.15. The van der Waals surface area contributed by atoms with Crippen molar-refractivity contribution in [3.05, 3.63) is 41.1 Å². The molecule has 7 heteroatoms. The lowest BCUT2D eigenvalue weighted by Gasteiger charge is -2.16. The van der Waals surface area contributed by atoms with Gasteiger partial charge in [0.1, 0.15) is 5.84 Å². The normalized spacial score (nSPS) is 17.3. The number of rotatable bonds is 9. The molecular weight excluding hydrogens is 412 g/mol. The number of amides is 1. The van der Waals surface area contributed by atoms with Crippen LogP contribution in [0.3, 0.4) is 0 Å². The van der Waals surface area contributed by atoms with E-state index in [-0.39, 0.29) is 16.1 Å². The Morgan fingerprint density at radius 1 is 1.50 bits per heavy atom. The van der Waals surface area contributed by atoms with Gasteiger partial charge in [0.2, 0.25) is 0 Å². The summed E-state index contributed by atoms with van der Waals surface area (Å²) >= 11 is 5.23. The molecule has 1 saturated carbocycles. The molecule has 1 aliphatic carbocycles. The number of thioether (sulfide) groups is 1. The lowest BCUT2D eigenvalue weighted by atomic mass is 10.0. The van der Waals surface area contributed by atoms with E-state index in [4.69, 9.17) is 5.73 Å². The van der Waals surface area contributed by atoms with E-state index >= 15 is 0 Å². The minimum atomic E-state index is 0.0134. The van der Waals surface area contributed by atoms with Crippen molar-refractivity contribution in [1.82, 2.24) is 10.6 Å². The van der Waals surface area contributed by atoms with Crippen molar-refractivity contribution in [2.45, 2.75) is 42.4 Å². The van der Waals surface area contributed by atoms with Crippen LogP contribution < -0.4 is 16.4 Å². The number of carbonyl (C=O) groups is 1. The van der Waals surface area contributed by atoms with Gasteiger partial charge in [0, 0.05) is 17.8 Å². The van der Waals surface area contributed by atoms with Gasteiger partial charge in [-0.05, 0) is 62.8 Å². The zero-order valence-electron chi connectivity index (χ0n) is 15.5. The van der Waals surface area contributed by atoms with E-state index in [1.54, 1.807) is 18.0 Å². The van der Waals surface area contributed by atoms with Crippen LogP contribution in [0.4, 0.5) is 0 Å². The number of hydrogen-bond acceptors (Lipinski definition) is 4. The number of aliphatic imine (C=N–C) groups is 1. The minimum absolute atomic E-state index is 0.0134. The summed E-state index contributed by atoms with van der Waals surface area (Å²) < 4.78 is 0. The number of carbonyl (C=O) groups excluding carboxylic acids is 1. The molecule has 1 fully saturated rings. The van der Waals surface area contributed by atoms with Crippen LogP contribution in [0.15, 0.2) is 29.4 Å². The maximum atomic E-state index is 12.2. The highest BCUT2D eigenvalue weighted by Crippen LogP contribution is 2.21. The summed E-state index contributed by atoms with van der Waals surface area (Å²) in [4.78, 5) is 16.8. The standard InChI is InChI=1S/C19H27BrN4OS/c1-12-10-13(4-7-15(12)19(25)24-14-5-6-14)8-9-23-18(21)16(26-3)11-17(20)22-2/h4,7-10,14,16-17,22H,5-6,11H2,1-3H3,(H2,21,23)(H,24,25)/b9-8+. The first-order valence-electron chi connectivity index (χ1n) is 8.70. The second kappa shape index (κ2) is 10.1. The number of nitrogens with zero attached hydrogens (tertiary/aromatic N) is 1. The molecule has 4 N–H and O–H groups in total. The quantitative estimate of drug-likeness (QED) is 0.239. The van der Waals surface area contributed by atoms with Crippen molar-refractivity contribution in [1.29, 1.82) is 0 Å². The average molecular weight is 439 g/mol. The Morgan fingerprint density at radius 2 is 2.23 bits per heavy atom. The van der Waals surface area contributed by atoms with Crippen LogP contribution in [0.2, 0.25) is 0 Å². The first-order chi connectivity index (χ1) is 12.4. The third-order valence-corrected chi connectivity index (χ3v) is 6.08. The van der Waals surface area contributed by atoms with Crippen LogP contribution in [-0.4, -0.2) is 41.3 Å². The summed E-state index contributed by atoms with van der Waals surface area (Å²) in [6.07, 6.45) is 8.69. The Bertz CT molecular complexity index is 688. The van der Waals surface area contributed by atoms with Gasteiger partial charge in [-0.2, -0.15) is 11.8 Å². The predicted octanol–water partition coefficient (Wildman–Crippen LogP) is 3.28. The Morgan fingerprint density at radius 3 is 2.81 bits per heavy atom. The monoisotopic (exact) mass is 438 g/mol. The van der Waals surface area contributed by atoms with Gasteiger partial charge in [0.25, 0.3) is 5.91 Å². The van der Waals surface area contributed by atoms with Gasteiger partial charge in [0.05, 0.1) is 10.2 Å². The molecule has 1 aromatic rings. The molecule has 142 valence electrons. The van der Waals surface area contributed by atoms with Crippen molar-refractivity contribution in [3.63, 3.8) is 0 Å². The molecule has 5 nitrogen and oxygen atoms in total. The molecule has 0 spiro atoms. The van der Waals surface area contributed by atoms with Gasteiger partial charge in [-0.15, -0.1) is 0 Å². The predicted molar refractivity (Wildman–Crippen MR) is 116 cm³/mol. The second-order valence-corrected chi connectivity index (χ2v) is 8.55. The van der Waals surface area contributed by atoms with Crippen LogP contribution in [0.25, 0.3) is 6.08 Å². The molecule has 2 rings (SSSR count). The van der Waals surface area contributed by atoms with E-state index in [1.165, 1.54) is 0 Å². The summed E-state index contributed by atoms with van der Waals surface area (Å²) in [5.41, 5.74) is 8.80. The van der Waals surface area contributed by atoms with E-state index in [0.29, 0.717) is 11.9 Å². The third-order valence-electron chi connectivity index (χ3n) is 4.25. The zero-order chi connectivity index (χ0) is 19.1. The minimum Gasteiger partial charge on any atom is -0.386 e. The van der Waals surface area contributed by atoms with E-state index in [9.17, 15) is 4.79 Å². The number of amidine groups is 1. The molecule has 1 amide bonds. The molecule has 0 aromatic heterocycles. The topological polar surface area (TPSA) is 79.5 Å². The lowest BCUT2D eigenvalue weighted by Crippen LogP contribution is -2.32. The van der Waals surface area contributed by atoms with Crippen molar-refractivity contribution in [2.24, 2.45) is 10.7 Å². The molecule has 2 unspecified atom stereocenters. The fraction of sp³-hybridized carbons (Fsp3) is 0.474. The van der Waals surface area contributed by atoms with Gasteiger partial charge >= 0.3 is 0 Å². The first-order valence-corrected chi connectivity index (χ1v) is 10.9. The van der Waals surface area contributed by atoms with Gasteiger partial charge in [-0.1, -0.05) is 28.1 Å². The summed E-state index contributed by atoms with van der Waals surface area (Å²) in [6.45, 7) is 1.95. The number of nitrogens with two attached hydrogens (primary N) is 1. The van der Waals surface area contributed by atoms with Crippen LogP contribution in [0.5, 0.6) is 0 Å². The number of benzene rings is 1. The molecule has 2 atom stereocenters.